The second kappa shape index (κ2) is 8.84. The van der Waals surface area contributed by atoms with Crippen molar-refractivity contribution in [1.82, 2.24) is 4.31 Å². The van der Waals surface area contributed by atoms with Crippen molar-refractivity contribution in [3.05, 3.63) is 48.0 Å². The van der Waals surface area contributed by atoms with E-state index in [1.165, 1.54) is 23.5 Å². The predicted octanol–water partition coefficient (Wildman–Crippen LogP) is 2.73. The zero-order valence-corrected chi connectivity index (χ0v) is 17.8. The summed E-state index contributed by atoms with van der Waals surface area (Å²) in [6, 6.07) is 12.5. The largest absolute Gasteiger partial charge is 0.495 e. The van der Waals surface area contributed by atoms with Crippen LogP contribution >= 0.6 is 0 Å². The van der Waals surface area contributed by atoms with Crippen LogP contribution in [0.1, 0.15) is 19.4 Å². The first-order valence-electron chi connectivity index (χ1n) is 9.72. The molecule has 1 aliphatic heterocycles. The molecule has 0 saturated carbocycles. The zero-order valence-electron chi connectivity index (χ0n) is 17.0. The Morgan fingerprint density at radius 1 is 1.17 bits per heavy atom. The van der Waals surface area contributed by atoms with Gasteiger partial charge in [0.25, 0.3) is 0 Å². The van der Waals surface area contributed by atoms with E-state index < -0.39 is 10.0 Å². The Morgan fingerprint density at radius 3 is 2.59 bits per heavy atom. The summed E-state index contributed by atoms with van der Waals surface area (Å²) in [6.45, 7) is 5.07. The Balaban J connectivity index is 1.79. The number of carbonyl (C=O) groups is 1. The molecule has 0 radical (unpaired) electrons. The molecule has 0 aliphatic carbocycles. The van der Waals surface area contributed by atoms with Gasteiger partial charge in [-0.3, -0.25) is 4.79 Å². The number of benzene rings is 2. The second-order valence-electron chi connectivity index (χ2n) is 6.73. The number of amides is 1. The maximum absolute atomic E-state index is 12.8. The molecule has 7 nitrogen and oxygen atoms in total. The quantitative estimate of drug-likeness (QED) is 0.715. The second-order valence-corrected chi connectivity index (χ2v) is 8.67. The lowest BCUT2D eigenvalue weighted by Crippen LogP contribution is -2.34. The number of para-hydroxylation sites is 1. The Kier molecular flexibility index (Phi) is 6.44. The van der Waals surface area contributed by atoms with Gasteiger partial charge in [0.1, 0.15) is 5.75 Å². The van der Waals surface area contributed by atoms with Gasteiger partial charge in [-0.2, -0.15) is 4.31 Å². The number of ether oxygens (including phenoxy) is 1. The fourth-order valence-electron chi connectivity index (χ4n) is 3.56. The third-order valence-corrected chi connectivity index (χ3v) is 7.18. The SMILES string of the molecule is CCN(CC)S(=O)(=O)c1ccc(OC)c(NCC(=O)N2CCc3ccccc32)c1. The van der Waals surface area contributed by atoms with E-state index >= 15 is 0 Å². The number of anilines is 2. The molecule has 0 saturated heterocycles. The van der Waals surface area contributed by atoms with E-state index in [9.17, 15) is 13.2 Å². The number of hydrogen-bond donors (Lipinski definition) is 1. The standard InChI is InChI=1S/C21H27N3O4S/c1-4-23(5-2)29(26,27)17-10-11-20(28-3)18(14-17)22-15-21(25)24-13-12-16-8-6-7-9-19(16)24/h6-11,14,22H,4-5,12-13,15H2,1-3H3. The predicted molar refractivity (Wildman–Crippen MR) is 114 cm³/mol. The summed E-state index contributed by atoms with van der Waals surface area (Å²) < 4.78 is 32.4. The minimum absolute atomic E-state index is 0.0411. The van der Waals surface area contributed by atoms with Crippen LogP contribution in [-0.4, -0.2) is 51.9 Å². The highest BCUT2D eigenvalue weighted by Gasteiger charge is 2.25. The van der Waals surface area contributed by atoms with Crippen LogP contribution < -0.4 is 15.0 Å². The van der Waals surface area contributed by atoms with Gasteiger partial charge in [-0.1, -0.05) is 32.0 Å². The first-order chi connectivity index (χ1) is 13.9. The summed E-state index contributed by atoms with van der Waals surface area (Å²) in [5.74, 6) is 0.409. The summed E-state index contributed by atoms with van der Waals surface area (Å²) in [5.41, 5.74) is 2.57. The van der Waals surface area contributed by atoms with Crippen molar-refractivity contribution in [3.63, 3.8) is 0 Å². The molecule has 2 aromatic carbocycles. The molecule has 1 N–H and O–H groups in total. The van der Waals surface area contributed by atoms with Gasteiger partial charge in [-0.05, 0) is 36.2 Å². The molecular formula is C21H27N3O4S. The number of nitrogens with zero attached hydrogens (tertiary/aromatic N) is 2. The molecular weight excluding hydrogens is 390 g/mol. The molecule has 156 valence electrons. The maximum Gasteiger partial charge on any atom is 0.246 e. The number of nitrogens with one attached hydrogen (secondary N) is 1. The number of methoxy groups -OCH3 is 1. The topological polar surface area (TPSA) is 79.0 Å². The lowest BCUT2D eigenvalue weighted by Gasteiger charge is -2.21. The highest BCUT2D eigenvalue weighted by atomic mass is 32.2. The summed E-state index contributed by atoms with van der Waals surface area (Å²) >= 11 is 0. The first kappa shape index (κ1) is 21.1. The molecule has 1 heterocycles. The van der Waals surface area contributed by atoms with Crippen LogP contribution in [0.5, 0.6) is 5.75 Å². The summed E-state index contributed by atoms with van der Waals surface area (Å²) in [4.78, 5) is 14.7. The van der Waals surface area contributed by atoms with Crippen LogP contribution in [0, 0.1) is 0 Å². The monoisotopic (exact) mass is 417 g/mol. The third kappa shape index (κ3) is 4.23. The Labute approximate surface area is 172 Å². The number of sulfonamides is 1. The van der Waals surface area contributed by atoms with Crippen molar-refractivity contribution in [2.24, 2.45) is 0 Å². The molecule has 0 bridgehead atoms. The van der Waals surface area contributed by atoms with Crippen LogP contribution in [-0.2, 0) is 21.2 Å². The molecule has 8 heteroatoms. The molecule has 1 aliphatic rings. The van der Waals surface area contributed by atoms with Crippen LogP contribution in [0.15, 0.2) is 47.4 Å². The molecule has 0 unspecified atom stereocenters. The third-order valence-electron chi connectivity index (χ3n) is 5.13. The molecule has 29 heavy (non-hydrogen) atoms. The molecule has 0 aromatic heterocycles. The van der Waals surface area contributed by atoms with Gasteiger partial charge in [0.05, 0.1) is 24.2 Å². The lowest BCUT2D eigenvalue weighted by molar-refractivity contribution is -0.116. The zero-order chi connectivity index (χ0) is 21.0. The van der Waals surface area contributed by atoms with Crippen molar-refractivity contribution in [1.29, 1.82) is 0 Å². The van der Waals surface area contributed by atoms with Crippen LogP contribution in [0.2, 0.25) is 0 Å². The maximum atomic E-state index is 12.8. The lowest BCUT2D eigenvalue weighted by atomic mass is 10.2. The van der Waals surface area contributed by atoms with Crippen LogP contribution in [0.3, 0.4) is 0 Å². The van der Waals surface area contributed by atoms with Crippen molar-refractivity contribution in [3.8, 4) is 5.75 Å². The van der Waals surface area contributed by atoms with Gasteiger partial charge < -0.3 is 15.0 Å². The molecule has 1 amide bonds. The molecule has 0 fully saturated rings. The van der Waals surface area contributed by atoms with Crippen LogP contribution in [0.4, 0.5) is 11.4 Å². The van der Waals surface area contributed by atoms with Crippen molar-refractivity contribution in [2.45, 2.75) is 25.2 Å². The van der Waals surface area contributed by atoms with E-state index in [0.717, 1.165) is 17.7 Å². The minimum atomic E-state index is -3.60. The average molecular weight is 418 g/mol. The normalized spacial score (nSPS) is 13.4. The van der Waals surface area contributed by atoms with Crippen molar-refractivity contribution >= 4 is 27.3 Å². The van der Waals surface area contributed by atoms with Gasteiger partial charge >= 0.3 is 0 Å². The molecule has 2 aromatic rings. The number of carbonyl (C=O) groups excluding carboxylic acids is 1. The van der Waals surface area contributed by atoms with E-state index in [1.807, 2.05) is 24.3 Å². The Hall–Kier alpha value is -2.58. The van der Waals surface area contributed by atoms with E-state index in [0.29, 0.717) is 31.1 Å². The smallest absolute Gasteiger partial charge is 0.246 e. The first-order valence-corrected chi connectivity index (χ1v) is 11.2. The highest BCUT2D eigenvalue weighted by molar-refractivity contribution is 7.89. The van der Waals surface area contributed by atoms with E-state index in [2.05, 4.69) is 5.32 Å². The summed E-state index contributed by atoms with van der Waals surface area (Å²) in [5, 5.41) is 3.06. The Morgan fingerprint density at radius 2 is 1.90 bits per heavy atom. The van der Waals surface area contributed by atoms with E-state index in [4.69, 9.17) is 4.74 Å². The van der Waals surface area contributed by atoms with Gasteiger partial charge in [0.15, 0.2) is 0 Å². The van der Waals surface area contributed by atoms with Gasteiger partial charge in [-0.25, -0.2) is 8.42 Å². The highest BCUT2D eigenvalue weighted by Crippen LogP contribution is 2.30. The fourth-order valence-corrected chi connectivity index (χ4v) is 5.05. The molecule has 3 rings (SSSR count). The van der Waals surface area contributed by atoms with E-state index in [1.54, 1.807) is 24.8 Å². The van der Waals surface area contributed by atoms with E-state index in [-0.39, 0.29) is 17.3 Å². The fraction of sp³-hybridized carbons (Fsp3) is 0.381. The molecule has 0 atom stereocenters. The van der Waals surface area contributed by atoms with Gasteiger partial charge in [0, 0.05) is 25.3 Å². The van der Waals surface area contributed by atoms with Gasteiger partial charge in [0.2, 0.25) is 15.9 Å². The number of rotatable bonds is 8. The number of fused-ring (bicyclic) bond motifs is 1. The van der Waals surface area contributed by atoms with Crippen molar-refractivity contribution in [2.75, 3.05) is 43.5 Å². The number of hydrogen-bond acceptors (Lipinski definition) is 5. The summed E-state index contributed by atoms with van der Waals surface area (Å²) in [7, 11) is -2.09. The van der Waals surface area contributed by atoms with Crippen molar-refractivity contribution < 1.29 is 17.9 Å². The minimum Gasteiger partial charge on any atom is -0.495 e. The molecule has 0 spiro atoms. The average Bonchev–Trinajstić information content (AvgIpc) is 3.16. The van der Waals surface area contributed by atoms with Gasteiger partial charge in [-0.15, -0.1) is 0 Å². The van der Waals surface area contributed by atoms with Crippen LogP contribution in [0.25, 0.3) is 0 Å². The summed E-state index contributed by atoms with van der Waals surface area (Å²) in [6.07, 6.45) is 0.836. The Bertz CT molecular complexity index is 987.